The van der Waals surface area contributed by atoms with Crippen LogP contribution < -0.4 is 5.32 Å². The Kier molecular flexibility index (Phi) is 5.52. The molecule has 0 amide bonds. The average molecular weight is 426 g/mol. The van der Waals surface area contributed by atoms with Crippen LogP contribution in [0.25, 0.3) is 0 Å². The highest BCUT2D eigenvalue weighted by molar-refractivity contribution is 7.16. The minimum absolute atomic E-state index is 0.404. The lowest BCUT2D eigenvalue weighted by Gasteiger charge is -2.42. The third-order valence-electron chi connectivity index (χ3n) is 6.23. The van der Waals surface area contributed by atoms with Crippen LogP contribution in [-0.4, -0.2) is 66.1 Å². The number of aromatic nitrogens is 1. The summed E-state index contributed by atoms with van der Waals surface area (Å²) in [4.78, 5) is 15.4. The summed E-state index contributed by atoms with van der Waals surface area (Å²) in [6.07, 6.45) is 3.75. The molecule has 5 rings (SSSR count). The number of nitrogens with zero attached hydrogens (tertiary/aromatic N) is 4. The minimum atomic E-state index is 0.404. The fourth-order valence-electron chi connectivity index (χ4n) is 4.47. The molecule has 30 heavy (non-hydrogen) atoms. The number of amidine groups is 1. The second-order valence-electron chi connectivity index (χ2n) is 8.81. The summed E-state index contributed by atoms with van der Waals surface area (Å²) in [5.74, 6) is 1.42. The summed E-state index contributed by atoms with van der Waals surface area (Å²) in [6.45, 7) is 8.28. The highest BCUT2D eigenvalue weighted by atomic mass is 32.1. The van der Waals surface area contributed by atoms with Gasteiger partial charge in [0.05, 0.1) is 16.4 Å². The topological polar surface area (TPSA) is 53.0 Å². The number of hydrogen-bond donors (Lipinski definition) is 1. The van der Waals surface area contributed by atoms with E-state index in [2.05, 4.69) is 53.2 Å². The van der Waals surface area contributed by atoms with Gasteiger partial charge < -0.3 is 15.0 Å². The van der Waals surface area contributed by atoms with Crippen LogP contribution in [0.1, 0.15) is 49.7 Å². The van der Waals surface area contributed by atoms with E-state index in [1.165, 1.54) is 12.8 Å². The Morgan fingerprint density at radius 1 is 1.23 bits per heavy atom. The van der Waals surface area contributed by atoms with Gasteiger partial charge in [-0.15, -0.1) is 11.3 Å². The molecular formula is C23H31N5OS. The van der Waals surface area contributed by atoms with Crippen LogP contribution in [-0.2, 0) is 4.74 Å². The second kappa shape index (κ2) is 8.29. The smallest absolute Gasteiger partial charge is 0.158 e. The maximum atomic E-state index is 5.43. The minimum Gasteiger partial charge on any atom is -0.385 e. The predicted octanol–water partition coefficient (Wildman–Crippen LogP) is 4.59. The molecule has 1 aliphatic carbocycles. The molecule has 1 atom stereocenters. The van der Waals surface area contributed by atoms with Gasteiger partial charge in [-0.25, -0.2) is 9.98 Å². The van der Waals surface area contributed by atoms with Crippen LogP contribution in [0, 0.1) is 0 Å². The molecule has 3 aliphatic rings. The molecule has 1 aromatic heterocycles. The molecule has 0 bridgehead atoms. The molecule has 2 aliphatic heterocycles. The SMILES string of the molecule is COCCC1CN(C2=Nc3ccccc3Nc3sc(C(C)C)nc32)CCN1C1CC1. The largest absolute Gasteiger partial charge is 0.385 e. The normalized spacial score (nSPS) is 21.7. The lowest BCUT2D eigenvalue weighted by molar-refractivity contribution is 0.0746. The molecule has 2 aromatic rings. The van der Waals surface area contributed by atoms with E-state index in [4.69, 9.17) is 14.7 Å². The van der Waals surface area contributed by atoms with Crippen molar-refractivity contribution in [3.05, 3.63) is 35.0 Å². The number of rotatable bonds is 5. The monoisotopic (exact) mass is 425 g/mol. The first-order valence-electron chi connectivity index (χ1n) is 11.1. The summed E-state index contributed by atoms with van der Waals surface area (Å²) in [5, 5.41) is 5.89. The number of para-hydroxylation sites is 2. The quantitative estimate of drug-likeness (QED) is 0.760. The standard InChI is InChI=1S/C23H31N5OS/c1-15(2)22-26-20-21(24-18-6-4-5-7-19(18)25-23(20)30-22)27-11-12-28(16-8-9-16)17(14-27)10-13-29-3/h4-7,15-17,25H,8-14H2,1-3H3. The van der Waals surface area contributed by atoms with Gasteiger partial charge in [-0.1, -0.05) is 26.0 Å². The molecule has 1 N–H and O–H groups in total. The first-order valence-corrected chi connectivity index (χ1v) is 11.9. The first kappa shape index (κ1) is 20.0. The molecule has 1 saturated carbocycles. The zero-order valence-electron chi connectivity index (χ0n) is 18.1. The lowest BCUT2D eigenvalue weighted by Crippen LogP contribution is -2.55. The Hall–Kier alpha value is -1.96. The zero-order chi connectivity index (χ0) is 20.7. The van der Waals surface area contributed by atoms with Crippen molar-refractivity contribution in [1.82, 2.24) is 14.8 Å². The van der Waals surface area contributed by atoms with Crippen LogP contribution >= 0.6 is 11.3 Å². The van der Waals surface area contributed by atoms with Crippen molar-refractivity contribution in [2.45, 2.75) is 51.1 Å². The number of thiazole rings is 1. The van der Waals surface area contributed by atoms with Gasteiger partial charge in [0.1, 0.15) is 10.7 Å². The van der Waals surface area contributed by atoms with Gasteiger partial charge in [0.25, 0.3) is 0 Å². The molecule has 1 unspecified atom stereocenters. The van der Waals surface area contributed by atoms with Gasteiger partial charge >= 0.3 is 0 Å². The Bertz CT molecular complexity index is 935. The van der Waals surface area contributed by atoms with Crippen molar-refractivity contribution < 1.29 is 4.74 Å². The third kappa shape index (κ3) is 3.86. The van der Waals surface area contributed by atoms with Gasteiger partial charge in [0.2, 0.25) is 0 Å². The van der Waals surface area contributed by atoms with Gasteiger partial charge in [0, 0.05) is 51.4 Å². The lowest BCUT2D eigenvalue weighted by atomic mass is 10.1. The fraction of sp³-hybridized carbons (Fsp3) is 0.565. The van der Waals surface area contributed by atoms with E-state index >= 15 is 0 Å². The fourth-order valence-corrected chi connectivity index (χ4v) is 5.44. The Morgan fingerprint density at radius 3 is 2.83 bits per heavy atom. The number of methoxy groups -OCH3 is 1. The predicted molar refractivity (Wildman–Crippen MR) is 124 cm³/mol. The van der Waals surface area contributed by atoms with E-state index in [0.717, 1.165) is 71.6 Å². The van der Waals surface area contributed by atoms with Crippen molar-refractivity contribution in [1.29, 1.82) is 0 Å². The zero-order valence-corrected chi connectivity index (χ0v) is 18.9. The first-order chi connectivity index (χ1) is 14.6. The van der Waals surface area contributed by atoms with E-state index in [1.54, 1.807) is 18.4 Å². The van der Waals surface area contributed by atoms with Crippen molar-refractivity contribution in [3.63, 3.8) is 0 Å². The van der Waals surface area contributed by atoms with E-state index in [-0.39, 0.29) is 0 Å². The highest BCUT2D eigenvalue weighted by Gasteiger charge is 2.39. The Labute approximate surface area is 183 Å². The van der Waals surface area contributed by atoms with Crippen LogP contribution in [0.2, 0.25) is 0 Å². The van der Waals surface area contributed by atoms with Gasteiger partial charge in [-0.3, -0.25) is 4.90 Å². The Balaban J connectivity index is 1.50. The van der Waals surface area contributed by atoms with Gasteiger partial charge in [-0.05, 0) is 31.4 Å². The molecule has 3 heterocycles. The number of fused-ring (bicyclic) bond motifs is 2. The number of benzene rings is 1. The van der Waals surface area contributed by atoms with Crippen molar-refractivity contribution in [3.8, 4) is 0 Å². The molecule has 2 fully saturated rings. The van der Waals surface area contributed by atoms with Crippen LogP contribution in [0.4, 0.5) is 16.4 Å². The summed E-state index contributed by atoms with van der Waals surface area (Å²) < 4.78 is 5.43. The molecule has 160 valence electrons. The molecule has 7 heteroatoms. The number of nitrogens with one attached hydrogen (secondary N) is 1. The summed E-state index contributed by atoms with van der Waals surface area (Å²) in [6, 6.07) is 9.59. The molecule has 0 spiro atoms. The van der Waals surface area contributed by atoms with E-state index in [0.29, 0.717) is 12.0 Å². The summed E-state index contributed by atoms with van der Waals surface area (Å²) in [7, 11) is 1.80. The number of ether oxygens (including phenoxy) is 1. The number of aliphatic imine (C=N–C) groups is 1. The van der Waals surface area contributed by atoms with Crippen molar-refractivity contribution in [2.75, 3.05) is 38.7 Å². The molecular weight excluding hydrogens is 394 g/mol. The van der Waals surface area contributed by atoms with Crippen molar-refractivity contribution in [2.24, 2.45) is 4.99 Å². The maximum absolute atomic E-state index is 5.43. The third-order valence-corrected chi connectivity index (χ3v) is 7.50. The van der Waals surface area contributed by atoms with Crippen LogP contribution in [0.15, 0.2) is 29.3 Å². The molecule has 6 nitrogen and oxygen atoms in total. The van der Waals surface area contributed by atoms with Crippen LogP contribution in [0.3, 0.4) is 0 Å². The number of hydrogen-bond acceptors (Lipinski definition) is 7. The average Bonchev–Trinajstić information content (AvgIpc) is 3.53. The van der Waals surface area contributed by atoms with E-state index in [9.17, 15) is 0 Å². The van der Waals surface area contributed by atoms with Gasteiger partial charge in [0.15, 0.2) is 5.84 Å². The summed E-state index contributed by atoms with van der Waals surface area (Å²) in [5.41, 5.74) is 3.05. The molecule has 1 aromatic carbocycles. The highest BCUT2D eigenvalue weighted by Crippen LogP contribution is 2.40. The number of piperazine rings is 1. The second-order valence-corrected chi connectivity index (χ2v) is 9.84. The maximum Gasteiger partial charge on any atom is 0.158 e. The van der Waals surface area contributed by atoms with E-state index < -0.39 is 0 Å². The molecule has 1 saturated heterocycles. The molecule has 0 radical (unpaired) electrons. The van der Waals surface area contributed by atoms with Crippen molar-refractivity contribution >= 4 is 33.5 Å². The van der Waals surface area contributed by atoms with E-state index in [1.807, 2.05) is 0 Å². The van der Waals surface area contributed by atoms with Crippen LogP contribution in [0.5, 0.6) is 0 Å². The number of anilines is 2. The Morgan fingerprint density at radius 2 is 2.07 bits per heavy atom. The summed E-state index contributed by atoms with van der Waals surface area (Å²) >= 11 is 1.76. The van der Waals surface area contributed by atoms with Gasteiger partial charge in [-0.2, -0.15) is 0 Å².